The zero-order valence-corrected chi connectivity index (χ0v) is 19.3. The number of esters is 1. The van der Waals surface area contributed by atoms with Crippen LogP contribution in [-0.4, -0.2) is 45.6 Å². The molecule has 3 rings (SSSR count). The number of carbonyl (C=O) groups excluding carboxylic acids is 2. The third kappa shape index (κ3) is 5.44. The maximum absolute atomic E-state index is 15.1. The van der Waals surface area contributed by atoms with Crippen LogP contribution in [-0.2, 0) is 11.3 Å². The van der Waals surface area contributed by atoms with Gasteiger partial charge in [0.25, 0.3) is 5.91 Å². The lowest BCUT2D eigenvalue weighted by molar-refractivity contribution is -0.189. The van der Waals surface area contributed by atoms with Crippen LogP contribution in [0.2, 0.25) is 0 Å². The summed E-state index contributed by atoms with van der Waals surface area (Å²) in [4.78, 5) is 37.4. The fraction of sp³-hybridized carbons (Fsp3) is 0.273. The summed E-state index contributed by atoms with van der Waals surface area (Å²) in [5.41, 5.74) is -3.65. The molecule has 0 saturated heterocycles. The molecule has 1 N–H and O–H groups in total. The summed E-state index contributed by atoms with van der Waals surface area (Å²) in [6.07, 6.45) is -7.46. The number of benzene rings is 2. The number of methoxy groups -OCH3 is 1. The average Bonchev–Trinajstić information content (AvgIpc) is 3.16. The van der Waals surface area contributed by atoms with Crippen molar-refractivity contribution in [3.63, 3.8) is 0 Å². The number of aromatic nitrogens is 3. The number of halogens is 6. The molecule has 0 aliphatic carbocycles. The Labute approximate surface area is 204 Å². The molecule has 1 atom stereocenters. The molecule has 37 heavy (non-hydrogen) atoms. The van der Waals surface area contributed by atoms with Crippen LogP contribution in [0.1, 0.15) is 34.8 Å². The number of ether oxygens (including phenoxy) is 2. The van der Waals surface area contributed by atoms with E-state index in [1.807, 2.05) is 5.32 Å². The average molecular weight is 532 g/mol. The minimum atomic E-state index is -4.93. The van der Waals surface area contributed by atoms with E-state index in [9.17, 15) is 36.3 Å². The normalized spacial score (nSPS) is 12.2. The van der Waals surface area contributed by atoms with E-state index in [4.69, 9.17) is 4.74 Å². The first-order chi connectivity index (χ1) is 17.3. The van der Waals surface area contributed by atoms with Crippen molar-refractivity contribution in [3.05, 3.63) is 69.7 Å². The molecule has 0 saturated carbocycles. The zero-order valence-electron chi connectivity index (χ0n) is 19.3. The molecular weight excluding hydrogens is 514 g/mol. The Balaban J connectivity index is 2.18. The van der Waals surface area contributed by atoms with Gasteiger partial charge in [0, 0.05) is 12.6 Å². The van der Waals surface area contributed by atoms with Gasteiger partial charge in [-0.2, -0.15) is 17.9 Å². The Kier molecular flexibility index (Phi) is 7.64. The van der Waals surface area contributed by atoms with Crippen LogP contribution in [0.5, 0.6) is 5.75 Å². The molecule has 15 heteroatoms. The second-order valence-electron chi connectivity index (χ2n) is 7.41. The van der Waals surface area contributed by atoms with Gasteiger partial charge in [-0.25, -0.2) is 22.8 Å². The molecule has 0 radical (unpaired) electrons. The largest absolute Gasteiger partial charge is 0.480 e. The van der Waals surface area contributed by atoms with Crippen LogP contribution in [0, 0.1) is 17.5 Å². The summed E-state index contributed by atoms with van der Waals surface area (Å²) in [5, 5.41) is 5.52. The Bertz CT molecular complexity index is 1400. The van der Waals surface area contributed by atoms with Gasteiger partial charge in [0.15, 0.2) is 6.10 Å². The van der Waals surface area contributed by atoms with Crippen LogP contribution >= 0.6 is 0 Å². The fourth-order valence-corrected chi connectivity index (χ4v) is 3.12. The fourth-order valence-electron chi connectivity index (χ4n) is 3.12. The highest BCUT2D eigenvalue weighted by Gasteiger charge is 2.39. The molecule has 198 valence electrons. The summed E-state index contributed by atoms with van der Waals surface area (Å²) in [6.45, 7) is 1.95. The first-order valence-corrected chi connectivity index (χ1v) is 10.4. The highest BCUT2D eigenvalue weighted by atomic mass is 19.4. The van der Waals surface area contributed by atoms with E-state index in [1.165, 1.54) is 6.92 Å². The number of para-hydroxylation sites is 1. The van der Waals surface area contributed by atoms with Crippen molar-refractivity contribution in [2.75, 3.05) is 12.4 Å². The van der Waals surface area contributed by atoms with E-state index >= 15 is 4.39 Å². The molecule has 0 fully saturated rings. The summed E-state index contributed by atoms with van der Waals surface area (Å²) >= 11 is 0. The smallest absolute Gasteiger partial charge is 0.425 e. The number of alkyl halides is 3. The van der Waals surface area contributed by atoms with Crippen molar-refractivity contribution in [2.45, 2.75) is 32.7 Å². The highest BCUT2D eigenvalue weighted by Crippen LogP contribution is 2.31. The lowest BCUT2D eigenvalue weighted by Crippen LogP contribution is -2.32. The first kappa shape index (κ1) is 27.3. The van der Waals surface area contributed by atoms with Gasteiger partial charge in [-0.1, -0.05) is 6.07 Å². The predicted octanol–water partition coefficient (Wildman–Crippen LogP) is 3.84. The molecule has 0 bridgehead atoms. The zero-order chi connectivity index (χ0) is 27.7. The number of carbonyl (C=O) groups is 2. The lowest BCUT2D eigenvalue weighted by Gasteiger charge is -2.20. The molecule has 0 spiro atoms. The second kappa shape index (κ2) is 10.4. The van der Waals surface area contributed by atoms with Gasteiger partial charge in [-0.3, -0.25) is 9.36 Å². The van der Waals surface area contributed by atoms with Crippen molar-refractivity contribution in [3.8, 4) is 11.4 Å². The van der Waals surface area contributed by atoms with E-state index in [0.29, 0.717) is 23.7 Å². The molecule has 1 unspecified atom stereocenters. The number of nitrogens with one attached hydrogen (secondary N) is 1. The molecule has 1 aromatic heterocycles. The minimum Gasteiger partial charge on any atom is -0.480 e. The molecule has 1 heterocycles. The van der Waals surface area contributed by atoms with Gasteiger partial charge in [-0.05, 0) is 32.0 Å². The first-order valence-electron chi connectivity index (χ1n) is 10.4. The SMILES string of the molecule is CCn1c(C(=O)OC)nn(-c2cc(OC(C)C(F)(F)F)c(C(=O)Nc3c(F)cccc3F)cc2F)c1=O. The summed E-state index contributed by atoms with van der Waals surface area (Å²) in [5.74, 6) is -7.66. The Hall–Kier alpha value is -4.30. The number of amides is 1. The quantitative estimate of drug-likeness (QED) is 0.366. The highest BCUT2D eigenvalue weighted by molar-refractivity contribution is 6.06. The van der Waals surface area contributed by atoms with Gasteiger partial charge < -0.3 is 14.8 Å². The van der Waals surface area contributed by atoms with E-state index in [0.717, 1.165) is 29.9 Å². The molecular formula is C22H18F6N4O5. The van der Waals surface area contributed by atoms with Gasteiger partial charge in [0.1, 0.15) is 34.6 Å². The van der Waals surface area contributed by atoms with Gasteiger partial charge in [0.2, 0.25) is 5.82 Å². The van der Waals surface area contributed by atoms with Crippen LogP contribution < -0.4 is 15.7 Å². The third-order valence-corrected chi connectivity index (χ3v) is 5.03. The maximum atomic E-state index is 15.1. The van der Waals surface area contributed by atoms with Crippen molar-refractivity contribution >= 4 is 17.6 Å². The molecule has 2 aromatic carbocycles. The molecule has 0 aliphatic heterocycles. The van der Waals surface area contributed by atoms with Crippen LogP contribution in [0.4, 0.5) is 32.0 Å². The second-order valence-corrected chi connectivity index (χ2v) is 7.41. The van der Waals surface area contributed by atoms with E-state index in [2.05, 4.69) is 9.84 Å². The number of rotatable bonds is 7. The summed E-state index contributed by atoms with van der Waals surface area (Å²) < 4.78 is 93.2. The summed E-state index contributed by atoms with van der Waals surface area (Å²) in [6, 6.07) is 3.59. The Morgan fingerprint density at radius 2 is 1.73 bits per heavy atom. The summed E-state index contributed by atoms with van der Waals surface area (Å²) in [7, 11) is 1.00. The van der Waals surface area contributed by atoms with E-state index in [1.54, 1.807) is 0 Å². The van der Waals surface area contributed by atoms with Crippen LogP contribution in [0.25, 0.3) is 5.69 Å². The maximum Gasteiger partial charge on any atom is 0.425 e. The molecule has 9 nitrogen and oxygen atoms in total. The van der Waals surface area contributed by atoms with E-state index in [-0.39, 0.29) is 6.54 Å². The standard InChI is InChI=1S/C22H18F6N4O5/c1-4-31-18(20(34)36-3)30-32(21(31)35)15-9-16(37-10(2)22(26,27)28)11(8-14(15)25)19(33)29-17-12(23)6-5-7-13(17)24/h5-10H,4H2,1-3H3,(H,29,33). The van der Waals surface area contributed by atoms with Crippen molar-refractivity contribution in [1.29, 1.82) is 0 Å². The minimum absolute atomic E-state index is 0.103. The molecule has 1 amide bonds. The number of nitrogens with zero attached hydrogens (tertiary/aromatic N) is 3. The number of hydrogen-bond acceptors (Lipinski definition) is 6. The Morgan fingerprint density at radius 1 is 1.11 bits per heavy atom. The monoisotopic (exact) mass is 532 g/mol. The van der Waals surface area contributed by atoms with Crippen LogP contribution in [0.15, 0.2) is 35.1 Å². The molecule has 0 aliphatic rings. The Morgan fingerprint density at radius 3 is 2.27 bits per heavy atom. The topological polar surface area (TPSA) is 104 Å². The van der Waals surface area contributed by atoms with Crippen LogP contribution in [0.3, 0.4) is 0 Å². The molecule has 3 aromatic rings. The van der Waals surface area contributed by atoms with Gasteiger partial charge in [0.05, 0.1) is 12.7 Å². The van der Waals surface area contributed by atoms with Crippen molar-refractivity contribution in [1.82, 2.24) is 14.3 Å². The van der Waals surface area contributed by atoms with Crippen molar-refractivity contribution < 1.29 is 45.4 Å². The number of hydrogen-bond donors (Lipinski definition) is 1. The third-order valence-electron chi connectivity index (χ3n) is 5.03. The lowest BCUT2D eigenvalue weighted by atomic mass is 10.1. The van der Waals surface area contributed by atoms with E-state index < -0.39 is 75.8 Å². The predicted molar refractivity (Wildman–Crippen MR) is 115 cm³/mol. The number of anilines is 1. The van der Waals surface area contributed by atoms with Gasteiger partial charge in [-0.15, -0.1) is 5.10 Å². The van der Waals surface area contributed by atoms with Gasteiger partial charge >= 0.3 is 17.8 Å². The van der Waals surface area contributed by atoms with Crippen molar-refractivity contribution in [2.24, 2.45) is 0 Å².